The molecule has 138 valence electrons. The number of benzene rings is 2. The molecule has 6 heteroatoms. The minimum Gasteiger partial charge on any atom is -0.507 e. The fourth-order valence-electron chi connectivity index (χ4n) is 2.56. The van der Waals surface area contributed by atoms with E-state index >= 15 is 0 Å². The highest BCUT2D eigenvalue weighted by molar-refractivity contribution is 8.18. The molecule has 0 fully saturated rings. The third kappa shape index (κ3) is 4.23. The number of hydrogen-bond acceptors (Lipinski definition) is 6. The summed E-state index contributed by atoms with van der Waals surface area (Å²) in [5.74, 6) is -0.747. The van der Waals surface area contributed by atoms with E-state index in [0.29, 0.717) is 21.2 Å². The van der Waals surface area contributed by atoms with Crippen molar-refractivity contribution < 1.29 is 19.7 Å². The second-order valence-corrected chi connectivity index (χ2v) is 6.90. The maximum absolute atomic E-state index is 12.4. The maximum atomic E-state index is 12.4. The molecule has 3 rings (SSSR count). The van der Waals surface area contributed by atoms with E-state index in [1.54, 1.807) is 37.3 Å². The van der Waals surface area contributed by atoms with Crippen LogP contribution < -0.4 is 0 Å². The van der Waals surface area contributed by atoms with Crippen molar-refractivity contribution in [3.8, 4) is 5.75 Å². The van der Waals surface area contributed by atoms with Crippen LogP contribution in [0.3, 0.4) is 0 Å². The number of rotatable bonds is 4. The predicted octanol–water partition coefficient (Wildman–Crippen LogP) is 4.89. The highest BCUT2D eigenvalue weighted by Gasteiger charge is 2.33. The maximum Gasteiger partial charge on any atom is 0.344 e. The fourth-order valence-corrected chi connectivity index (χ4v) is 3.58. The third-order valence-electron chi connectivity index (χ3n) is 3.83. The highest BCUT2D eigenvalue weighted by atomic mass is 32.2. The first-order valence-electron chi connectivity index (χ1n) is 8.43. The Hall–Kier alpha value is -2.99. The van der Waals surface area contributed by atoms with Gasteiger partial charge < -0.3 is 14.9 Å². The molecule has 2 N–H and O–H groups in total. The first kappa shape index (κ1) is 18.8. The number of para-hydroxylation sites is 1. The third-order valence-corrected chi connectivity index (χ3v) is 4.85. The number of aliphatic hydroxyl groups is 1. The number of aliphatic imine (C=N–C) groups is 1. The minimum atomic E-state index is -0.630. The highest BCUT2D eigenvalue weighted by Crippen LogP contribution is 2.41. The van der Waals surface area contributed by atoms with Gasteiger partial charge in [0.15, 0.2) is 0 Å². The summed E-state index contributed by atoms with van der Waals surface area (Å²) in [6.07, 6.45) is 1.62. The summed E-state index contributed by atoms with van der Waals surface area (Å²) in [6.45, 7) is 3.85. The molecule has 0 atom stereocenters. The topological polar surface area (TPSA) is 79.1 Å². The molecule has 0 unspecified atom stereocenters. The van der Waals surface area contributed by atoms with Crippen molar-refractivity contribution in [3.05, 3.63) is 75.9 Å². The van der Waals surface area contributed by atoms with Crippen LogP contribution in [0.1, 0.15) is 18.1 Å². The number of thioether (sulfide) groups is 1. The van der Waals surface area contributed by atoms with Gasteiger partial charge >= 0.3 is 5.97 Å². The van der Waals surface area contributed by atoms with Crippen LogP contribution in [0, 0.1) is 6.92 Å². The number of esters is 1. The van der Waals surface area contributed by atoms with Crippen LogP contribution in [0.15, 0.2) is 69.8 Å². The fraction of sp³-hybridized carbons (Fsp3) is 0.143. The molecular formula is C21H19NO4S. The number of nitrogens with zero attached hydrogens (tertiary/aromatic N) is 1. The minimum absolute atomic E-state index is 0.0324. The zero-order chi connectivity index (χ0) is 19.4. The first-order chi connectivity index (χ1) is 13.0. The number of carbonyl (C=O) groups is 1. The van der Waals surface area contributed by atoms with Crippen LogP contribution in [0.5, 0.6) is 5.75 Å². The van der Waals surface area contributed by atoms with Crippen LogP contribution in [-0.2, 0) is 9.53 Å². The summed E-state index contributed by atoms with van der Waals surface area (Å²) in [4.78, 5) is 17.3. The SMILES string of the molecule is CCOC(=O)C1=C(O)C(=Cc2ccccc2O)SC1=Nc1cccc(C)c1. The number of ether oxygens (including phenoxy) is 1. The van der Waals surface area contributed by atoms with Gasteiger partial charge in [-0.3, -0.25) is 0 Å². The van der Waals surface area contributed by atoms with E-state index in [2.05, 4.69) is 4.99 Å². The molecule has 0 aliphatic carbocycles. The van der Waals surface area contributed by atoms with Gasteiger partial charge in [-0.05, 0) is 43.7 Å². The molecule has 0 amide bonds. The van der Waals surface area contributed by atoms with Gasteiger partial charge in [-0.1, -0.05) is 42.1 Å². The Kier molecular flexibility index (Phi) is 5.66. The summed E-state index contributed by atoms with van der Waals surface area (Å²) in [6, 6.07) is 14.3. The molecule has 0 aromatic heterocycles. The zero-order valence-corrected chi connectivity index (χ0v) is 15.8. The van der Waals surface area contributed by atoms with E-state index < -0.39 is 5.97 Å². The van der Waals surface area contributed by atoms with Crippen LogP contribution in [-0.4, -0.2) is 27.8 Å². The van der Waals surface area contributed by atoms with Gasteiger partial charge in [-0.15, -0.1) is 0 Å². The molecule has 0 saturated carbocycles. The van der Waals surface area contributed by atoms with Crippen LogP contribution in [0.25, 0.3) is 6.08 Å². The predicted molar refractivity (Wildman–Crippen MR) is 108 cm³/mol. The van der Waals surface area contributed by atoms with E-state index in [1.165, 1.54) is 0 Å². The van der Waals surface area contributed by atoms with Crippen molar-refractivity contribution in [2.75, 3.05) is 6.61 Å². The summed E-state index contributed by atoms with van der Waals surface area (Å²) < 4.78 is 5.08. The zero-order valence-electron chi connectivity index (χ0n) is 15.0. The molecule has 5 nitrogen and oxygen atoms in total. The lowest BCUT2D eigenvalue weighted by Gasteiger charge is -2.04. The van der Waals surface area contributed by atoms with E-state index in [1.807, 2.05) is 31.2 Å². The molecular weight excluding hydrogens is 362 g/mol. The number of phenolic OH excluding ortho intramolecular Hbond substituents is 1. The van der Waals surface area contributed by atoms with Crippen molar-refractivity contribution in [2.24, 2.45) is 4.99 Å². The Morgan fingerprint density at radius 2 is 1.96 bits per heavy atom. The van der Waals surface area contributed by atoms with Crippen molar-refractivity contribution in [2.45, 2.75) is 13.8 Å². The van der Waals surface area contributed by atoms with Crippen molar-refractivity contribution in [3.63, 3.8) is 0 Å². The lowest BCUT2D eigenvalue weighted by Crippen LogP contribution is -2.12. The lowest BCUT2D eigenvalue weighted by atomic mass is 10.1. The second kappa shape index (κ2) is 8.14. The van der Waals surface area contributed by atoms with E-state index in [0.717, 1.165) is 17.3 Å². The van der Waals surface area contributed by atoms with Crippen molar-refractivity contribution >= 4 is 34.5 Å². The summed E-state index contributed by atoms with van der Waals surface area (Å²) in [5, 5.41) is 21.0. The molecule has 1 heterocycles. The standard InChI is InChI=1S/C21H19NO4S/c1-3-26-21(25)18-19(24)17(12-14-8-4-5-10-16(14)23)27-20(18)22-15-9-6-7-13(2)11-15/h4-12,23-24H,3H2,1-2H3. The number of aryl methyl sites for hydroxylation is 1. The van der Waals surface area contributed by atoms with Gasteiger partial charge in [0, 0.05) is 5.56 Å². The summed E-state index contributed by atoms with van der Waals surface area (Å²) in [5.41, 5.74) is 2.28. The normalized spacial score (nSPS) is 17.0. The van der Waals surface area contributed by atoms with Gasteiger partial charge in [0.05, 0.1) is 17.2 Å². The number of carbonyl (C=O) groups excluding carboxylic acids is 1. The monoisotopic (exact) mass is 381 g/mol. The van der Waals surface area contributed by atoms with Crippen LogP contribution in [0.2, 0.25) is 0 Å². The quantitative estimate of drug-likeness (QED) is 0.737. The van der Waals surface area contributed by atoms with Gasteiger partial charge in [-0.2, -0.15) is 0 Å². The molecule has 0 spiro atoms. The van der Waals surface area contributed by atoms with E-state index in [4.69, 9.17) is 4.74 Å². The first-order valence-corrected chi connectivity index (χ1v) is 9.25. The lowest BCUT2D eigenvalue weighted by molar-refractivity contribution is -0.138. The smallest absolute Gasteiger partial charge is 0.344 e. The van der Waals surface area contributed by atoms with Crippen molar-refractivity contribution in [1.29, 1.82) is 0 Å². The summed E-state index contributed by atoms with van der Waals surface area (Å²) >= 11 is 1.16. The van der Waals surface area contributed by atoms with E-state index in [-0.39, 0.29) is 23.7 Å². The average Bonchev–Trinajstić information content (AvgIpc) is 2.92. The molecule has 0 saturated heterocycles. The number of phenols is 1. The Morgan fingerprint density at radius 3 is 2.67 bits per heavy atom. The number of hydrogen-bond donors (Lipinski definition) is 2. The molecule has 2 aromatic rings. The van der Waals surface area contributed by atoms with Gasteiger partial charge in [0.25, 0.3) is 0 Å². The Balaban J connectivity index is 2.07. The molecule has 1 aliphatic rings. The molecule has 1 aliphatic heterocycles. The van der Waals surface area contributed by atoms with Crippen LogP contribution >= 0.6 is 11.8 Å². The number of aromatic hydroxyl groups is 1. The average molecular weight is 381 g/mol. The Morgan fingerprint density at radius 1 is 1.19 bits per heavy atom. The number of aliphatic hydroxyl groups excluding tert-OH is 1. The Bertz CT molecular complexity index is 976. The van der Waals surface area contributed by atoms with Gasteiger partial charge in [-0.25, -0.2) is 9.79 Å². The van der Waals surface area contributed by atoms with Gasteiger partial charge in [0.2, 0.25) is 0 Å². The Labute approximate surface area is 161 Å². The molecule has 27 heavy (non-hydrogen) atoms. The second-order valence-electron chi connectivity index (χ2n) is 5.87. The summed E-state index contributed by atoms with van der Waals surface area (Å²) in [7, 11) is 0. The molecule has 0 bridgehead atoms. The largest absolute Gasteiger partial charge is 0.507 e. The van der Waals surface area contributed by atoms with Gasteiger partial charge in [0.1, 0.15) is 22.1 Å². The van der Waals surface area contributed by atoms with Crippen LogP contribution in [0.4, 0.5) is 5.69 Å². The molecule has 0 radical (unpaired) electrons. The van der Waals surface area contributed by atoms with E-state index in [9.17, 15) is 15.0 Å². The molecule has 2 aromatic carbocycles. The van der Waals surface area contributed by atoms with Crippen molar-refractivity contribution in [1.82, 2.24) is 0 Å².